The van der Waals surface area contributed by atoms with Gasteiger partial charge in [0.1, 0.15) is 5.69 Å². The summed E-state index contributed by atoms with van der Waals surface area (Å²) >= 11 is 0. The van der Waals surface area contributed by atoms with E-state index in [2.05, 4.69) is 4.98 Å². The highest BCUT2D eigenvalue weighted by atomic mass is 19.2. The lowest BCUT2D eigenvalue weighted by Crippen LogP contribution is -2.18. The van der Waals surface area contributed by atoms with E-state index in [1.807, 2.05) is 0 Å². The standard InChI is InChI=1S/C12H6F4N2O2/c13-6-4-7(14)10(16)11(9(6)15)18-12(20)5-1-2-17-8(19)3-5/h1-4H,(H,17,19)(H,18,20). The summed E-state index contributed by atoms with van der Waals surface area (Å²) in [5, 5.41) is 1.68. The van der Waals surface area contributed by atoms with Gasteiger partial charge in [-0.3, -0.25) is 9.59 Å². The van der Waals surface area contributed by atoms with Crippen molar-refractivity contribution in [1.29, 1.82) is 0 Å². The van der Waals surface area contributed by atoms with Gasteiger partial charge in [0.25, 0.3) is 5.91 Å². The van der Waals surface area contributed by atoms with Crippen LogP contribution in [-0.4, -0.2) is 10.9 Å². The number of anilines is 1. The Morgan fingerprint density at radius 1 is 1.05 bits per heavy atom. The van der Waals surface area contributed by atoms with Gasteiger partial charge in [-0.05, 0) is 6.07 Å². The van der Waals surface area contributed by atoms with Crippen LogP contribution in [0.4, 0.5) is 23.2 Å². The van der Waals surface area contributed by atoms with Crippen LogP contribution in [0.25, 0.3) is 0 Å². The highest BCUT2D eigenvalue weighted by molar-refractivity contribution is 6.04. The minimum Gasteiger partial charge on any atom is -0.329 e. The van der Waals surface area contributed by atoms with Gasteiger partial charge in [0.2, 0.25) is 5.56 Å². The number of benzene rings is 1. The third-order valence-corrected chi connectivity index (χ3v) is 2.39. The molecule has 0 saturated heterocycles. The minimum atomic E-state index is -1.73. The van der Waals surface area contributed by atoms with Crippen molar-refractivity contribution in [1.82, 2.24) is 4.98 Å². The van der Waals surface area contributed by atoms with E-state index in [9.17, 15) is 27.2 Å². The molecular formula is C12H6F4N2O2. The van der Waals surface area contributed by atoms with Crippen LogP contribution >= 0.6 is 0 Å². The zero-order valence-electron chi connectivity index (χ0n) is 9.64. The van der Waals surface area contributed by atoms with E-state index in [-0.39, 0.29) is 11.6 Å². The van der Waals surface area contributed by atoms with Crippen LogP contribution in [0.5, 0.6) is 0 Å². The molecule has 0 saturated carbocycles. The Morgan fingerprint density at radius 2 is 1.65 bits per heavy atom. The number of rotatable bonds is 2. The molecule has 0 aliphatic carbocycles. The second-order valence-corrected chi connectivity index (χ2v) is 3.74. The number of aromatic amines is 1. The van der Waals surface area contributed by atoms with Crippen molar-refractivity contribution < 1.29 is 22.4 Å². The van der Waals surface area contributed by atoms with E-state index in [0.717, 1.165) is 18.3 Å². The summed E-state index contributed by atoms with van der Waals surface area (Å²) in [5.41, 5.74) is -2.10. The molecule has 0 aliphatic rings. The molecule has 0 aliphatic heterocycles. The number of carbonyl (C=O) groups excluding carboxylic acids is 1. The molecular weight excluding hydrogens is 280 g/mol. The molecule has 4 nitrogen and oxygen atoms in total. The van der Waals surface area contributed by atoms with E-state index in [0.29, 0.717) is 0 Å². The van der Waals surface area contributed by atoms with Crippen LogP contribution in [-0.2, 0) is 0 Å². The van der Waals surface area contributed by atoms with Crippen molar-refractivity contribution in [3.63, 3.8) is 0 Å². The number of carbonyl (C=O) groups is 1. The van der Waals surface area contributed by atoms with Crippen molar-refractivity contribution >= 4 is 11.6 Å². The van der Waals surface area contributed by atoms with Gasteiger partial charge >= 0.3 is 0 Å². The topological polar surface area (TPSA) is 62.0 Å². The molecule has 20 heavy (non-hydrogen) atoms. The van der Waals surface area contributed by atoms with Crippen molar-refractivity contribution in [2.75, 3.05) is 5.32 Å². The summed E-state index contributed by atoms with van der Waals surface area (Å²) < 4.78 is 52.6. The number of hydrogen-bond acceptors (Lipinski definition) is 2. The van der Waals surface area contributed by atoms with Crippen molar-refractivity contribution in [3.8, 4) is 0 Å². The highest BCUT2D eigenvalue weighted by Gasteiger charge is 2.21. The van der Waals surface area contributed by atoms with Gasteiger partial charge in [0, 0.05) is 23.9 Å². The maximum Gasteiger partial charge on any atom is 0.256 e. The third-order valence-electron chi connectivity index (χ3n) is 2.39. The molecule has 0 bridgehead atoms. The van der Waals surface area contributed by atoms with E-state index >= 15 is 0 Å². The predicted molar refractivity (Wildman–Crippen MR) is 61.3 cm³/mol. The molecule has 2 rings (SSSR count). The van der Waals surface area contributed by atoms with Gasteiger partial charge in [-0.15, -0.1) is 0 Å². The summed E-state index contributed by atoms with van der Waals surface area (Å²) in [6.07, 6.45) is 1.14. The zero-order valence-corrected chi connectivity index (χ0v) is 9.64. The summed E-state index contributed by atoms with van der Waals surface area (Å²) in [6, 6.07) is 2.04. The monoisotopic (exact) mass is 286 g/mol. The Hall–Kier alpha value is -2.64. The average Bonchev–Trinajstić information content (AvgIpc) is 2.41. The number of halogens is 4. The minimum absolute atomic E-state index is 0.0214. The molecule has 0 atom stereocenters. The van der Waals surface area contributed by atoms with E-state index in [1.165, 1.54) is 0 Å². The maximum absolute atomic E-state index is 13.3. The first kappa shape index (κ1) is 13.8. The molecule has 1 heterocycles. The normalized spacial score (nSPS) is 10.4. The van der Waals surface area contributed by atoms with Gasteiger partial charge in [0.05, 0.1) is 0 Å². The lowest BCUT2D eigenvalue weighted by molar-refractivity contribution is 0.102. The Labute approximate surface area is 109 Å². The zero-order chi connectivity index (χ0) is 14.9. The molecule has 2 aromatic rings. The second kappa shape index (κ2) is 5.16. The fourth-order valence-electron chi connectivity index (χ4n) is 1.45. The molecule has 8 heteroatoms. The number of H-pyrrole nitrogens is 1. The number of aromatic nitrogens is 1. The van der Waals surface area contributed by atoms with Gasteiger partial charge in [-0.25, -0.2) is 17.6 Å². The number of amides is 1. The summed E-state index contributed by atoms with van der Waals surface area (Å²) in [6.45, 7) is 0. The molecule has 0 unspecified atom stereocenters. The SMILES string of the molecule is O=C(Nc1c(F)c(F)cc(F)c1F)c1cc[nH]c(=O)c1. The van der Waals surface area contributed by atoms with Crippen LogP contribution in [0.3, 0.4) is 0 Å². The Bertz CT molecular complexity index is 716. The first-order chi connectivity index (χ1) is 9.40. The van der Waals surface area contributed by atoms with Gasteiger partial charge in [-0.1, -0.05) is 0 Å². The van der Waals surface area contributed by atoms with Gasteiger partial charge in [0.15, 0.2) is 23.3 Å². The van der Waals surface area contributed by atoms with Gasteiger partial charge in [-0.2, -0.15) is 0 Å². The quantitative estimate of drug-likeness (QED) is 0.656. The van der Waals surface area contributed by atoms with Crippen LogP contribution in [0.1, 0.15) is 10.4 Å². The first-order valence-corrected chi connectivity index (χ1v) is 5.23. The number of pyridine rings is 1. The third kappa shape index (κ3) is 2.53. The largest absolute Gasteiger partial charge is 0.329 e. The van der Waals surface area contributed by atoms with Crippen LogP contribution < -0.4 is 10.9 Å². The Kier molecular flexibility index (Phi) is 3.55. The molecule has 1 amide bonds. The number of hydrogen-bond donors (Lipinski definition) is 2. The van der Waals surface area contributed by atoms with E-state index in [1.54, 1.807) is 5.32 Å². The molecule has 0 radical (unpaired) electrons. The van der Waals surface area contributed by atoms with E-state index in [4.69, 9.17) is 0 Å². The van der Waals surface area contributed by atoms with Gasteiger partial charge < -0.3 is 10.3 Å². The smallest absolute Gasteiger partial charge is 0.256 e. The Balaban J connectivity index is 2.40. The fourth-order valence-corrected chi connectivity index (χ4v) is 1.45. The number of nitrogens with one attached hydrogen (secondary N) is 2. The van der Waals surface area contributed by atoms with Crippen molar-refractivity contribution in [2.45, 2.75) is 0 Å². The fraction of sp³-hybridized carbons (Fsp3) is 0. The lowest BCUT2D eigenvalue weighted by atomic mass is 10.2. The molecule has 0 spiro atoms. The highest BCUT2D eigenvalue weighted by Crippen LogP contribution is 2.24. The van der Waals surface area contributed by atoms with Crippen LogP contribution in [0, 0.1) is 23.3 Å². The molecule has 104 valence electrons. The lowest BCUT2D eigenvalue weighted by Gasteiger charge is -2.08. The average molecular weight is 286 g/mol. The predicted octanol–water partition coefficient (Wildman–Crippen LogP) is 2.18. The first-order valence-electron chi connectivity index (χ1n) is 5.23. The van der Waals surface area contributed by atoms with Crippen molar-refractivity contribution in [3.05, 3.63) is 63.6 Å². The summed E-state index contributed by atoms with van der Waals surface area (Å²) in [5.74, 6) is -7.85. The Morgan fingerprint density at radius 3 is 2.20 bits per heavy atom. The van der Waals surface area contributed by atoms with Crippen LogP contribution in [0.15, 0.2) is 29.2 Å². The van der Waals surface area contributed by atoms with Crippen molar-refractivity contribution in [2.24, 2.45) is 0 Å². The molecule has 2 N–H and O–H groups in total. The maximum atomic E-state index is 13.3. The van der Waals surface area contributed by atoms with E-state index < -0.39 is 40.4 Å². The second-order valence-electron chi connectivity index (χ2n) is 3.74. The summed E-state index contributed by atoms with van der Waals surface area (Å²) in [4.78, 5) is 24.9. The molecule has 1 aromatic heterocycles. The molecule has 0 fully saturated rings. The summed E-state index contributed by atoms with van der Waals surface area (Å²) in [7, 11) is 0. The van der Waals surface area contributed by atoms with Crippen LogP contribution in [0.2, 0.25) is 0 Å². The molecule has 1 aromatic carbocycles.